The van der Waals surface area contributed by atoms with Crippen molar-refractivity contribution in [2.45, 2.75) is 6.92 Å². The summed E-state index contributed by atoms with van der Waals surface area (Å²) >= 11 is 0. The molecule has 0 amide bonds. The van der Waals surface area contributed by atoms with Gasteiger partial charge in [-0.3, -0.25) is 4.98 Å². The molecule has 0 atom stereocenters. The standard InChI is InChI=1S/C14H13N/c1-3-13-11(2)9-10-15-14(13)12-7-5-4-6-8-12/h3-10H,1H2,2H3. The second kappa shape index (κ2) is 4.09. The van der Waals surface area contributed by atoms with Crippen LogP contribution in [-0.4, -0.2) is 4.98 Å². The highest BCUT2D eigenvalue weighted by Gasteiger charge is 2.05. The van der Waals surface area contributed by atoms with Crippen LogP contribution in [0.5, 0.6) is 0 Å². The summed E-state index contributed by atoms with van der Waals surface area (Å²) in [6.45, 7) is 5.91. The van der Waals surface area contributed by atoms with Crippen LogP contribution in [0.1, 0.15) is 11.1 Å². The average molecular weight is 195 g/mol. The number of aryl methyl sites for hydroxylation is 1. The predicted octanol–water partition coefficient (Wildman–Crippen LogP) is 3.70. The van der Waals surface area contributed by atoms with Gasteiger partial charge in [0.15, 0.2) is 0 Å². The zero-order valence-corrected chi connectivity index (χ0v) is 8.77. The third kappa shape index (κ3) is 1.82. The molecule has 1 aromatic heterocycles. The maximum absolute atomic E-state index is 4.41. The highest BCUT2D eigenvalue weighted by atomic mass is 14.7. The van der Waals surface area contributed by atoms with Gasteiger partial charge in [-0.05, 0) is 18.6 Å². The summed E-state index contributed by atoms with van der Waals surface area (Å²) in [5, 5.41) is 0. The van der Waals surface area contributed by atoms with E-state index in [1.807, 2.05) is 36.5 Å². The lowest BCUT2D eigenvalue weighted by molar-refractivity contribution is 1.27. The lowest BCUT2D eigenvalue weighted by Crippen LogP contribution is -1.90. The quantitative estimate of drug-likeness (QED) is 0.712. The highest BCUT2D eigenvalue weighted by Crippen LogP contribution is 2.23. The largest absolute Gasteiger partial charge is 0.256 e. The monoisotopic (exact) mass is 195 g/mol. The van der Waals surface area contributed by atoms with E-state index in [1.54, 1.807) is 0 Å². The summed E-state index contributed by atoms with van der Waals surface area (Å²) in [7, 11) is 0. The Kier molecular flexibility index (Phi) is 2.64. The minimum Gasteiger partial charge on any atom is -0.256 e. The second-order valence-electron chi connectivity index (χ2n) is 3.46. The first kappa shape index (κ1) is 9.66. The molecule has 0 N–H and O–H groups in total. The normalized spacial score (nSPS) is 9.93. The van der Waals surface area contributed by atoms with E-state index in [-0.39, 0.29) is 0 Å². The number of rotatable bonds is 2. The Bertz CT molecular complexity index is 472. The van der Waals surface area contributed by atoms with Gasteiger partial charge in [0.2, 0.25) is 0 Å². The molecule has 1 heterocycles. The van der Waals surface area contributed by atoms with Crippen LogP contribution in [0.25, 0.3) is 17.3 Å². The summed E-state index contributed by atoms with van der Waals surface area (Å²) in [5.74, 6) is 0. The lowest BCUT2D eigenvalue weighted by atomic mass is 10.0. The van der Waals surface area contributed by atoms with Crippen molar-refractivity contribution in [2.75, 3.05) is 0 Å². The molecule has 0 radical (unpaired) electrons. The van der Waals surface area contributed by atoms with Gasteiger partial charge in [-0.15, -0.1) is 0 Å². The molecule has 0 saturated heterocycles. The SMILES string of the molecule is C=Cc1c(C)ccnc1-c1ccccc1. The molecule has 1 nitrogen and oxygen atoms in total. The van der Waals surface area contributed by atoms with Crippen LogP contribution in [0, 0.1) is 6.92 Å². The Morgan fingerprint density at radius 3 is 2.53 bits per heavy atom. The Morgan fingerprint density at radius 1 is 1.13 bits per heavy atom. The first-order valence-corrected chi connectivity index (χ1v) is 4.96. The number of aromatic nitrogens is 1. The van der Waals surface area contributed by atoms with Crippen LogP contribution in [0.15, 0.2) is 49.2 Å². The fourth-order valence-electron chi connectivity index (χ4n) is 1.65. The van der Waals surface area contributed by atoms with E-state index in [9.17, 15) is 0 Å². The fraction of sp³-hybridized carbons (Fsp3) is 0.0714. The first-order valence-electron chi connectivity index (χ1n) is 4.96. The van der Waals surface area contributed by atoms with E-state index in [0.29, 0.717) is 0 Å². The zero-order valence-electron chi connectivity index (χ0n) is 8.77. The van der Waals surface area contributed by atoms with Crippen LogP contribution >= 0.6 is 0 Å². The number of pyridine rings is 1. The van der Waals surface area contributed by atoms with Crippen molar-refractivity contribution in [1.29, 1.82) is 0 Å². The van der Waals surface area contributed by atoms with Crippen molar-refractivity contribution >= 4 is 6.08 Å². The number of nitrogens with zero attached hydrogens (tertiary/aromatic N) is 1. The van der Waals surface area contributed by atoms with E-state index < -0.39 is 0 Å². The first-order chi connectivity index (χ1) is 7.33. The summed E-state index contributed by atoms with van der Waals surface area (Å²) < 4.78 is 0. The van der Waals surface area contributed by atoms with Crippen LogP contribution in [-0.2, 0) is 0 Å². The predicted molar refractivity (Wildman–Crippen MR) is 64.5 cm³/mol. The van der Waals surface area contributed by atoms with Crippen molar-refractivity contribution in [3.05, 3.63) is 60.3 Å². The molecule has 0 unspecified atom stereocenters. The molecule has 0 bridgehead atoms. The van der Waals surface area contributed by atoms with Gasteiger partial charge in [0, 0.05) is 17.3 Å². The molecular formula is C14H13N. The second-order valence-corrected chi connectivity index (χ2v) is 3.46. The minimum absolute atomic E-state index is 1.01. The van der Waals surface area contributed by atoms with Gasteiger partial charge < -0.3 is 0 Å². The Morgan fingerprint density at radius 2 is 1.87 bits per heavy atom. The summed E-state index contributed by atoms with van der Waals surface area (Å²) in [5.41, 5.74) is 4.46. The molecule has 0 aliphatic carbocycles. The van der Waals surface area contributed by atoms with Crippen LogP contribution < -0.4 is 0 Å². The summed E-state index contributed by atoms with van der Waals surface area (Å²) in [4.78, 5) is 4.41. The molecule has 2 aromatic rings. The molecule has 1 heteroatoms. The van der Waals surface area contributed by atoms with E-state index in [1.165, 1.54) is 5.56 Å². The molecular weight excluding hydrogens is 182 g/mol. The average Bonchev–Trinajstić information content (AvgIpc) is 2.30. The van der Waals surface area contributed by atoms with Crippen molar-refractivity contribution in [2.24, 2.45) is 0 Å². The minimum atomic E-state index is 1.01. The number of benzene rings is 1. The number of hydrogen-bond donors (Lipinski definition) is 0. The van der Waals surface area contributed by atoms with Crippen LogP contribution in [0.4, 0.5) is 0 Å². The molecule has 0 aliphatic heterocycles. The smallest absolute Gasteiger partial charge is 0.0776 e. The van der Waals surface area contributed by atoms with Crippen molar-refractivity contribution < 1.29 is 0 Å². The molecule has 0 aliphatic rings. The molecule has 0 fully saturated rings. The highest BCUT2D eigenvalue weighted by molar-refractivity contribution is 5.72. The van der Waals surface area contributed by atoms with E-state index in [0.717, 1.165) is 16.8 Å². The van der Waals surface area contributed by atoms with Crippen LogP contribution in [0.3, 0.4) is 0 Å². The molecule has 0 spiro atoms. The topological polar surface area (TPSA) is 12.9 Å². The number of hydrogen-bond acceptors (Lipinski definition) is 1. The fourth-order valence-corrected chi connectivity index (χ4v) is 1.65. The maximum Gasteiger partial charge on any atom is 0.0776 e. The van der Waals surface area contributed by atoms with Gasteiger partial charge >= 0.3 is 0 Å². The van der Waals surface area contributed by atoms with Crippen LogP contribution in [0.2, 0.25) is 0 Å². The Hall–Kier alpha value is -1.89. The lowest BCUT2D eigenvalue weighted by Gasteiger charge is -2.07. The van der Waals surface area contributed by atoms with Gasteiger partial charge in [0.05, 0.1) is 5.69 Å². The van der Waals surface area contributed by atoms with Gasteiger partial charge in [0.1, 0.15) is 0 Å². The molecule has 74 valence electrons. The maximum atomic E-state index is 4.41. The molecule has 15 heavy (non-hydrogen) atoms. The zero-order chi connectivity index (χ0) is 10.7. The van der Waals surface area contributed by atoms with E-state index >= 15 is 0 Å². The Labute approximate surface area is 90.1 Å². The molecule has 1 aromatic carbocycles. The summed E-state index contributed by atoms with van der Waals surface area (Å²) in [6.07, 6.45) is 3.70. The third-order valence-corrected chi connectivity index (χ3v) is 2.46. The summed E-state index contributed by atoms with van der Waals surface area (Å²) in [6, 6.07) is 12.2. The third-order valence-electron chi connectivity index (χ3n) is 2.46. The van der Waals surface area contributed by atoms with E-state index in [4.69, 9.17) is 0 Å². The van der Waals surface area contributed by atoms with Crippen molar-refractivity contribution in [3.8, 4) is 11.3 Å². The Balaban J connectivity index is 2.63. The van der Waals surface area contributed by atoms with Crippen molar-refractivity contribution in [1.82, 2.24) is 4.98 Å². The van der Waals surface area contributed by atoms with Gasteiger partial charge in [-0.1, -0.05) is 43.0 Å². The van der Waals surface area contributed by atoms with E-state index in [2.05, 4.69) is 30.6 Å². The molecule has 0 saturated carbocycles. The van der Waals surface area contributed by atoms with Gasteiger partial charge in [-0.2, -0.15) is 0 Å². The van der Waals surface area contributed by atoms with Gasteiger partial charge in [-0.25, -0.2) is 0 Å². The van der Waals surface area contributed by atoms with Crippen molar-refractivity contribution in [3.63, 3.8) is 0 Å². The van der Waals surface area contributed by atoms with Gasteiger partial charge in [0.25, 0.3) is 0 Å². The molecule has 2 rings (SSSR count).